The Balaban J connectivity index is 1.52. The first-order valence-electron chi connectivity index (χ1n) is 9.48. The minimum absolute atomic E-state index is 0.0735. The third-order valence-corrected chi connectivity index (χ3v) is 5.46. The zero-order valence-corrected chi connectivity index (χ0v) is 18.3. The van der Waals surface area contributed by atoms with Gasteiger partial charge in [0.15, 0.2) is 11.5 Å². The molecule has 158 valence electrons. The molecule has 0 bridgehead atoms. The maximum absolute atomic E-state index is 12.3. The number of carbonyl (C=O) groups excluding carboxylic acids is 1. The van der Waals surface area contributed by atoms with Crippen molar-refractivity contribution < 1.29 is 14.3 Å². The number of hydrogen-bond acceptors (Lipinski definition) is 7. The van der Waals surface area contributed by atoms with E-state index >= 15 is 0 Å². The van der Waals surface area contributed by atoms with Gasteiger partial charge in [-0.2, -0.15) is 4.68 Å². The Labute approximate surface area is 180 Å². The predicted molar refractivity (Wildman–Crippen MR) is 116 cm³/mol. The first-order valence-corrected chi connectivity index (χ1v) is 10.5. The molecule has 0 fully saturated rings. The first-order chi connectivity index (χ1) is 14.5. The average Bonchev–Trinajstić information content (AvgIpc) is 3.20. The molecule has 1 heterocycles. The lowest BCUT2D eigenvalue weighted by atomic mass is 10.1. The fourth-order valence-electron chi connectivity index (χ4n) is 3.03. The van der Waals surface area contributed by atoms with Crippen LogP contribution in [-0.4, -0.2) is 52.6 Å². The second-order valence-electron chi connectivity index (χ2n) is 6.74. The fraction of sp³-hybridized carbons (Fsp3) is 0.333. The summed E-state index contributed by atoms with van der Waals surface area (Å²) in [6.07, 6.45) is 0.692. The minimum atomic E-state index is -0.0735. The summed E-state index contributed by atoms with van der Waals surface area (Å²) in [7, 11) is 3.21. The van der Waals surface area contributed by atoms with Crippen LogP contribution in [0.4, 0.5) is 0 Å². The van der Waals surface area contributed by atoms with E-state index in [-0.39, 0.29) is 11.7 Å². The lowest BCUT2D eigenvalue weighted by Crippen LogP contribution is -2.27. The van der Waals surface area contributed by atoms with Crippen LogP contribution in [-0.2, 0) is 11.2 Å². The molecule has 9 heteroatoms. The van der Waals surface area contributed by atoms with Gasteiger partial charge in [-0.15, -0.1) is 5.10 Å². The Morgan fingerprint density at radius 3 is 2.63 bits per heavy atom. The molecule has 1 N–H and O–H groups in total. The Bertz CT molecular complexity index is 1020. The lowest BCUT2D eigenvalue weighted by molar-refractivity contribution is -0.118. The lowest BCUT2D eigenvalue weighted by Gasteiger charge is -2.10. The number of benzene rings is 2. The van der Waals surface area contributed by atoms with Gasteiger partial charge in [-0.3, -0.25) is 4.79 Å². The Kier molecular flexibility index (Phi) is 7.29. The number of rotatable bonds is 9. The summed E-state index contributed by atoms with van der Waals surface area (Å²) in [5.74, 6) is 1.52. The van der Waals surface area contributed by atoms with Crippen molar-refractivity contribution >= 4 is 17.7 Å². The van der Waals surface area contributed by atoms with Crippen LogP contribution in [0.15, 0.2) is 41.6 Å². The molecule has 0 aliphatic heterocycles. The molecule has 0 radical (unpaired) electrons. The molecule has 0 saturated carbocycles. The van der Waals surface area contributed by atoms with Gasteiger partial charge in [0.05, 0.1) is 25.7 Å². The van der Waals surface area contributed by atoms with Gasteiger partial charge in [0.1, 0.15) is 0 Å². The van der Waals surface area contributed by atoms with Crippen molar-refractivity contribution in [2.75, 3.05) is 26.5 Å². The highest BCUT2D eigenvalue weighted by atomic mass is 32.2. The summed E-state index contributed by atoms with van der Waals surface area (Å²) >= 11 is 1.31. The summed E-state index contributed by atoms with van der Waals surface area (Å²) in [5.41, 5.74) is 4.21. The average molecular weight is 428 g/mol. The van der Waals surface area contributed by atoms with Crippen molar-refractivity contribution in [1.29, 1.82) is 0 Å². The molecule has 1 aromatic heterocycles. The minimum Gasteiger partial charge on any atom is -0.493 e. The predicted octanol–water partition coefficient (Wildman–Crippen LogP) is 2.75. The zero-order valence-electron chi connectivity index (χ0n) is 17.5. The van der Waals surface area contributed by atoms with E-state index in [0.29, 0.717) is 29.6 Å². The zero-order chi connectivity index (χ0) is 21.5. The number of methoxy groups -OCH3 is 2. The van der Waals surface area contributed by atoms with Crippen molar-refractivity contribution in [2.24, 2.45) is 0 Å². The molecule has 3 rings (SSSR count). The van der Waals surface area contributed by atoms with Crippen LogP contribution in [0.3, 0.4) is 0 Å². The number of carbonyl (C=O) groups is 1. The van der Waals surface area contributed by atoms with E-state index in [1.165, 1.54) is 17.3 Å². The number of amides is 1. The third-order valence-electron chi connectivity index (χ3n) is 4.54. The van der Waals surface area contributed by atoms with E-state index < -0.39 is 0 Å². The van der Waals surface area contributed by atoms with Crippen molar-refractivity contribution in [3.8, 4) is 17.2 Å². The van der Waals surface area contributed by atoms with Crippen LogP contribution >= 0.6 is 11.8 Å². The maximum atomic E-state index is 12.3. The molecule has 1 amide bonds. The van der Waals surface area contributed by atoms with Crippen molar-refractivity contribution in [3.05, 3.63) is 53.1 Å². The van der Waals surface area contributed by atoms with Gasteiger partial charge in [-0.1, -0.05) is 35.5 Å². The molecule has 30 heavy (non-hydrogen) atoms. The molecule has 0 atom stereocenters. The number of tetrazole rings is 1. The molecule has 0 unspecified atom stereocenters. The first kappa shape index (κ1) is 21.6. The van der Waals surface area contributed by atoms with E-state index in [9.17, 15) is 4.79 Å². The molecule has 2 aromatic carbocycles. The topological polar surface area (TPSA) is 91.2 Å². The molecule has 8 nitrogen and oxygen atoms in total. The van der Waals surface area contributed by atoms with Crippen molar-refractivity contribution in [2.45, 2.75) is 25.4 Å². The van der Waals surface area contributed by atoms with Crippen molar-refractivity contribution in [1.82, 2.24) is 25.5 Å². The van der Waals surface area contributed by atoms with Crippen LogP contribution in [0.2, 0.25) is 0 Å². The number of aromatic nitrogens is 4. The number of thioether (sulfide) groups is 1. The summed E-state index contributed by atoms with van der Waals surface area (Å²) < 4.78 is 12.2. The molecular weight excluding hydrogens is 402 g/mol. The normalized spacial score (nSPS) is 10.7. The van der Waals surface area contributed by atoms with E-state index in [2.05, 4.69) is 26.9 Å². The van der Waals surface area contributed by atoms with E-state index in [0.717, 1.165) is 16.8 Å². The number of aryl methyl sites for hydroxylation is 2. The number of ether oxygens (including phenoxy) is 2. The van der Waals surface area contributed by atoms with Crippen LogP contribution in [0.25, 0.3) is 5.69 Å². The maximum Gasteiger partial charge on any atom is 0.230 e. The van der Waals surface area contributed by atoms with Gasteiger partial charge >= 0.3 is 0 Å². The largest absolute Gasteiger partial charge is 0.493 e. The summed E-state index contributed by atoms with van der Waals surface area (Å²) in [5, 5.41) is 15.4. The third kappa shape index (κ3) is 5.29. The van der Waals surface area contributed by atoms with Crippen molar-refractivity contribution in [3.63, 3.8) is 0 Å². The fourth-order valence-corrected chi connectivity index (χ4v) is 3.74. The second kappa shape index (κ2) is 10.1. The highest BCUT2D eigenvalue weighted by Gasteiger charge is 2.13. The van der Waals surface area contributed by atoms with Crippen LogP contribution < -0.4 is 14.8 Å². The Morgan fingerprint density at radius 2 is 1.90 bits per heavy atom. The summed E-state index contributed by atoms with van der Waals surface area (Å²) in [4.78, 5) is 12.3. The van der Waals surface area contributed by atoms with Gasteiger partial charge in [0.25, 0.3) is 0 Å². The Hall–Kier alpha value is -3.07. The number of nitrogens with one attached hydrogen (secondary N) is 1. The number of hydrogen-bond donors (Lipinski definition) is 1. The van der Waals surface area contributed by atoms with Crippen LogP contribution in [0, 0.1) is 13.8 Å². The Morgan fingerprint density at radius 1 is 1.10 bits per heavy atom. The molecule has 3 aromatic rings. The van der Waals surface area contributed by atoms with Crippen LogP contribution in [0.1, 0.15) is 16.7 Å². The molecule has 0 aliphatic rings. The van der Waals surface area contributed by atoms with Gasteiger partial charge in [-0.25, -0.2) is 0 Å². The quantitative estimate of drug-likeness (QED) is 0.525. The highest BCUT2D eigenvalue weighted by molar-refractivity contribution is 7.99. The molecule has 0 saturated heterocycles. The van der Waals surface area contributed by atoms with E-state index in [4.69, 9.17) is 9.47 Å². The number of nitrogens with zero attached hydrogens (tertiary/aromatic N) is 4. The highest BCUT2D eigenvalue weighted by Crippen LogP contribution is 2.27. The smallest absolute Gasteiger partial charge is 0.230 e. The van der Waals surface area contributed by atoms with E-state index in [1.54, 1.807) is 18.9 Å². The molecule has 0 aliphatic carbocycles. The van der Waals surface area contributed by atoms with Gasteiger partial charge in [-0.05, 0) is 60.0 Å². The van der Waals surface area contributed by atoms with Gasteiger partial charge < -0.3 is 14.8 Å². The second-order valence-corrected chi connectivity index (χ2v) is 7.68. The van der Waals surface area contributed by atoms with E-state index in [1.807, 2.05) is 44.2 Å². The van der Waals surface area contributed by atoms with Gasteiger partial charge in [0.2, 0.25) is 11.1 Å². The van der Waals surface area contributed by atoms with Gasteiger partial charge in [0, 0.05) is 6.54 Å². The summed E-state index contributed by atoms with van der Waals surface area (Å²) in [6.45, 7) is 4.58. The molecule has 0 spiro atoms. The summed E-state index contributed by atoms with van der Waals surface area (Å²) in [6, 6.07) is 11.8. The SMILES string of the molecule is COc1ccc(CCNC(=O)CSc2nnnn2-c2ccc(C)cc2C)cc1OC. The monoisotopic (exact) mass is 427 g/mol. The van der Waals surface area contributed by atoms with Crippen LogP contribution in [0.5, 0.6) is 11.5 Å². The standard InChI is InChI=1S/C21H25N5O3S/c1-14-5-7-17(15(2)11-14)26-21(23-24-25-26)30-13-20(27)22-10-9-16-6-8-18(28-3)19(12-16)29-4/h5-8,11-12H,9-10,13H2,1-4H3,(H,22,27). The molecular formula is C21H25N5O3S.